The summed E-state index contributed by atoms with van der Waals surface area (Å²) in [5.74, 6) is -1.65. The van der Waals surface area contributed by atoms with E-state index in [9.17, 15) is 34.3 Å². The normalized spacial score (nSPS) is 17.7. The molecule has 2 heterocycles. The van der Waals surface area contributed by atoms with Crippen LogP contribution in [0, 0.1) is 25.2 Å². The third kappa shape index (κ3) is 12.9. The van der Waals surface area contributed by atoms with Gasteiger partial charge in [-0.15, -0.1) is 0 Å². The van der Waals surface area contributed by atoms with E-state index in [1.54, 1.807) is 50.2 Å². The van der Waals surface area contributed by atoms with Crippen LogP contribution in [-0.2, 0) is 25.6 Å². The number of hydrogen-bond acceptors (Lipinski definition) is 14. The van der Waals surface area contributed by atoms with E-state index >= 15 is 0 Å². The number of nitrogens with two attached hydrogens (primary N) is 2. The van der Waals surface area contributed by atoms with Gasteiger partial charge in [0.05, 0.1) is 29.1 Å². The number of aliphatic hydroxyl groups excluding tert-OH is 1. The minimum Gasteiger partial charge on any atom is -0.492 e. The summed E-state index contributed by atoms with van der Waals surface area (Å²) >= 11 is 0. The van der Waals surface area contributed by atoms with E-state index in [-0.39, 0.29) is 62.9 Å². The second-order valence-electron chi connectivity index (χ2n) is 17.1. The Hall–Kier alpha value is -7.14. The summed E-state index contributed by atoms with van der Waals surface area (Å²) in [7, 11) is 1.38. The van der Waals surface area contributed by atoms with Crippen molar-refractivity contribution in [3.63, 3.8) is 0 Å². The number of nitrogens with one attached hydrogen (secondary N) is 4. The maximum Gasteiger partial charge on any atom is 0.255 e. The largest absolute Gasteiger partial charge is 0.492 e. The van der Waals surface area contributed by atoms with Crippen LogP contribution in [0.3, 0.4) is 0 Å². The van der Waals surface area contributed by atoms with Gasteiger partial charge in [0, 0.05) is 49.9 Å². The Labute approximate surface area is 401 Å². The van der Waals surface area contributed by atoms with Crippen molar-refractivity contribution >= 4 is 29.5 Å². The molecule has 4 aromatic rings. The van der Waals surface area contributed by atoms with E-state index in [1.807, 2.05) is 30.3 Å². The quantitative estimate of drug-likeness (QED) is 0.0750. The van der Waals surface area contributed by atoms with Crippen molar-refractivity contribution in [1.82, 2.24) is 36.1 Å². The number of hydrogen-bond donors (Lipinski definition) is 7. The zero-order chi connectivity index (χ0) is 49.6. The Balaban J connectivity index is 1.34. The van der Waals surface area contributed by atoms with Gasteiger partial charge in [-0.3, -0.25) is 24.0 Å². The predicted octanol–water partition coefficient (Wildman–Crippen LogP) is 2.68. The minimum atomic E-state index is -1.45. The summed E-state index contributed by atoms with van der Waals surface area (Å²) in [4.78, 5) is 81.0. The Kier molecular flexibility index (Phi) is 18.0. The summed E-state index contributed by atoms with van der Waals surface area (Å²) < 4.78 is 18.4. The molecule has 0 radical (unpaired) electrons. The third-order valence-electron chi connectivity index (χ3n) is 12.0. The number of nitriles is 1. The highest BCUT2D eigenvalue weighted by Crippen LogP contribution is 2.40. The average molecular weight is 947 g/mol. The summed E-state index contributed by atoms with van der Waals surface area (Å²) in [5.41, 5.74) is 15.0. The monoisotopic (exact) mass is 946 g/mol. The summed E-state index contributed by atoms with van der Waals surface area (Å²) in [6.07, 6.45) is 5.55. The fourth-order valence-corrected chi connectivity index (χ4v) is 8.55. The molecule has 2 aliphatic rings. The van der Waals surface area contributed by atoms with Gasteiger partial charge >= 0.3 is 0 Å². The number of fused-ring (bicyclic) bond motifs is 5. The maximum atomic E-state index is 14.7. The van der Waals surface area contributed by atoms with Gasteiger partial charge in [0.1, 0.15) is 61.2 Å². The third-order valence-corrected chi connectivity index (χ3v) is 12.0. The molecule has 1 aromatic heterocycles. The van der Waals surface area contributed by atoms with Gasteiger partial charge < -0.3 is 57.0 Å². The molecule has 1 fully saturated rings. The first-order valence-electron chi connectivity index (χ1n) is 23.3. The van der Waals surface area contributed by atoms with Crippen LogP contribution in [0.5, 0.6) is 17.2 Å². The number of aliphatic hydroxyl groups is 1. The van der Waals surface area contributed by atoms with Crippen LogP contribution in [0.25, 0.3) is 22.5 Å². The molecule has 0 spiro atoms. The zero-order valence-corrected chi connectivity index (χ0v) is 39.5. The molecule has 69 heavy (non-hydrogen) atoms. The van der Waals surface area contributed by atoms with E-state index in [2.05, 4.69) is 31.2 Å². The molecule has 19 nitrogen and oxygen atoms in total. The van der Waals surface area contributed by atoms with Crippen molar-refractivity contribution in [3.05, 3.63) is 88.7 Å². The molecule has 4 atom stereocenters. The average Bonchev–Trinajstić information content (AvgIpc) is 3.34. The maximum absolute atomic E-state index is 14.7. The second-order valence-corrected chi connectivity index (χ2v) is 17.1. The Morgan fingerprint density at radius 2 is 1.54 bits per heavy atom. The number of nitrogens with zero attached hydrogens (tertiary/aromatic N) is 4. The zero-order valence-electron chi connectivity index (χ0n) is 39.5. The molecule has 1 aliphatic carbocycles. The lowest BCUT2D eigenvalue weighted by Crippen LogP contribution is -2.56. The predicted molar refractivity (Wildman–Crippen MR) is 256 cm³/mol. The molecular weight excluding hydrogens is 885 g/mol. The van der Waals surface area contributed by atoms with Crippen molar-refractivity contribution < 1.29 is 43.3 Å². The number of carbonyl (C=O) groups is 5. The Morgan fingerprint density at radius 3 is 2.16 bits per heavy atom. The van der Waals surface area contributed by atoms with Crippen molar-refractivity contribution in [2.45, 2.75) is 96.0 Å². The highest BCUT2D eigenvalue weighted by Gasteiger charge is 2.36. The molecule has 3 aromatic carbocycles. The second kappa shape index (κ2) is 24.2. The minimum absolute atomic E-state index is 0.0103. The van der Waals surface area contributed by atoms with Crippen LogP contribution in [0.15, 0.2) is 60.7 Å². The topological polar surface area (TPSA) is 286 Å². The first-order chi connectivity index (χ1) is 33.3. The number of ether oxygens (including phenoxy) is 3. The first-order valence-corrected chi connectivity index (χ1v) is 23.3. The standard InChI is InChI=1S/C50H62N10O9/c1-29-43(30(2)56-45(55-29)33-11-14-36(15-12-33)69-35-8-6-5-7-9-35)48(64)58-39(18-23-61)50(66)60(4)44-34-13-17-42(68-25-21-53)38(28-34)37-26-32(10-16-41(37)67-24-20-52)27-40(47(63)54-22-19-51)59-46(62)31(3)57-49(44)65/h10-17,26,28,31,35,39-40,44,61H,5-9,18,20-25,27,52-53H2,1-4H3,(H,54,63)(H,57,65)(H,58,64)(H,59,62)/t31-,39-,40-,44-/m0/s1. The molecule has 0 saturated heterocycles. The van der Waals surface area contributed by atoms with Crippen molar-refractivity contribution in [3.8, 4) is 45.8 Å². The molecular formula is C50H62N10O9. The summed E-state index contributed by atoms with van der Waals surface area (Å²) in [6.45, 7) is 4.56. The number of aromatic nitrogens is 2. The molecule has 19 heteroatoms. The molecule has 5 amide bonds. The van der Waals surface area contributed by atoms with Gasteiger partial charge in [-0.1, -0.05) is 18.6 Å². The Morgan fingerprint density at radius 1 is 0.899 bits per heavy atom. The van der Waals surface area contributed by atoms with Crippen LogP contribution in [0.2, 0.25) is 0 Å². The van der Waals surface area contributed by atoms with Crippen LogP contribution in [0.4, 0.5) is 0 Å². The van der Waals surface area contributed by atoms with Gasteiger partial charge in [0.15, 0.2) is 5.82 Å². The van der Waals surface area contributed by atoms with Gasteiger partial charge in [-0.2, -0.15) is 5.26 Å². The van der Waals surface area contributed by atoms with Gasteiger partial charge in [0.25, 0.3) is 5.91 Å². The number of likely N-dealkylation sites (N-methyl/N-ethyl adjacent to an activating group) is 1. The van der Waals surface area contributed by atoms with Crippen LogP contribution < -0.4 is 46.9 Å². The number of benzene rings is 3. The summed E-state index contributed by atoms with van der Waals surface area (Å²) in [6, 6.07) is 14.2. The van der Waals surface area contributed by atoms with Crippen molar-refractivity contribution in [1.29, 1.82) is 5.26 Å². The van der Waals surface area contributed by atoms with E-state index in [0.29, 0.717) is 45.4 Å². The van der Waals surface area contributed by atoms with Crippen LogP contribution in [0.1, 0.15) is 84.4 Å². The number of carbonyl (C=O) groups excluding carboxylic acids is 5. The molecule has 366 valence electrons. The Bertz CT molecular complexity index is 2500. The van der Waals surface area contributed by atoms with Crippen molar-refractivity contribution in [2.75, 3.05) is 46.5 Å². The lowest BCUT2D eigenvalue weighted by atomic mass is 9.93. The molecule has 0 unspecified atom stereocenters. The van der Waals surface area contributed by atoms with Gasteiger partial charge in [0.2, 0.25) is 23.6 Å². The molecule has 6 rings (SSSR count). The van der Waals surface area contributed by atoms with Gasteiger partial charge in [-0.25, -0.2) is 9.97 Å². The van der Waals surface area contributed by atoms with Gasteiger partial charge in [-0.05, 0) is 113 Å². The lowest BCUT2D eigenvalue weighted by Gasteiger charge is -2.32. The smallest absolute Gasteiger partial charge is 0.255 e. The first kappa shape index (κ1) is 51.3. The SMILES string of the molecule is Cc1nc(-c2ccc(OC3CCCCC3)cc2)nc(C)c1C(=O)N[C@@H](CCO)C(=O)N(C)[C@@H]1C(=O)N[C@@H](C)C(=O)N[C@H](C(=O)NCC#N)Cc2ccc(OCCN)c(c2)-c2cc1ccc2OCCN. The van der Waals surface area contributed by atoms with E-state index in [0.717, 1.165) is 41.9 Å². The highest BCUT2D eigenvalue weighted by molar-refractivity contribution is 6.00. The number of amides is 5. The van der Waals surface area contributed by atoms with Crippen LogP contribution in [-0.4, -0.2) is 120 Å². The van der Waals surface area contributed by atoms with E-state index < -0.39 is 60.3 Å². The van der Waals surface area contributed by atoms with E-state index in [1.165, 1.54) is 20.4 Å². The van der Waals surface area contributed by atoms with E-state index in [4.69, 9.17) is 25.7 Å². The molecule has 1 aliphatic heterocycles. The fraction of sp³-hybridized carbons (Fsp3) is 0.440. The number of aryl methyl sites for hydroxylation is 2. The number of rotatable bonds is 17. The van der Waals surface area contributed by atoms with Crippen LogP contribution >= 0.6 is 0 Å². The van der Waals surface area contributed by atoms with Crippen molar-refractivity contribution in [2.24, 2.45) is 11.5 Å². The molecule has 9 N–H and O–H groups in total. The lowest BCUT2D eigenvalue weighted by molar-refractivity contribution is -0.142. The fourth-order valence-electron chi connectivity index (χ4n) is 8.55. The molecule has 1 saturated carbocycles. The summed E-state index contributed by atoms with van der Waals surface area (Å²) in [5, 5.41) is 30.0. The highest BCUT2D eigenvalue weighted by atomic mass is 16.5. The molecule has 4 bridgehead atoms.